The Kier molecular flexibility index (Phi) is 11.7. The Labute approximate surface area is 490 Å². The number of benzene rings is 11. The number of ether oxygens (including phenoxy) is 1. The largest absolute Gasteiger partial charge is 0.509 e. The van der Waals surface area contributed by atoms with Gasteiger partial charge in [-0.3, -0.25) is 0 Å². The van der Waals surface area contributed by atoms with E-state index in [0.717, 1.165) is 133 Å². The predicted molar refractivity (Wildman–Crippen MR) is 337 cm³/mol. The molecule has 5 heterocycles. The standard InChI is InChI=1S/C76H51N4O.Pt/c1-76(2,3)52-37-35-48(36-38-52)51-43-68-62-28-15-11-24-58(62)57-23-10-13-26-60(57)65-31-17-32-67-64-42-40-54(45-71(64)80(73(65)67)75(68)77-46-51)81-53-39-41-63-59-25-12-14-27-61(59)66-33-18-34-69-74(66)79(70(63)44-53)47-78(69)72-55(49-19-6-4-7-20-49)29-16-30-56(72)50-21-8-5-9-22-50;/h4-43,46-47H,1-3H3;/q-3;. The molecule has 14 aromatic rings. The molecule has 0 amide bonds. The van der Waals surface area contributed by atoms with E-state index in [1.165, 1.54) is 10.9 Å². The minimum atomic E-state index is 0. The molecule has 0 N–H and O–H groups in total. The number of nitrogens with zero attached hydrogens (tertiary/aromatic N) is 4. The van der Waals surface area contributed by atoms with Gasteiger partial charge >= 0.3 is 0 Å². The number of pyridine rings is 1. The summed E-state index contributed by atoms with van der Waals surface area (Å²) in [4.78, 5) is 10.2. The van der Waals surface area contributed by atoms with Crippen LogP contribution in [0.15, 0.2) is 249 Å². The molecule has 0 fully saturated rings. The van der Waals surface area contributed by atoms with E-state index in [0.29, 0.717) is 11.5 Å². The maximum atomic E-state index is 7.08. The van der Waals surface area contributed by atoms with Gasteiger partial charge in [-0.1, -0.05) is 244 Å². The monoisotopic (exact) mass is 1230 g/mol. The maximum Gasteiger partial charge on any atom is 0.143 e. The second kappa shape index (κ2) is 19.3. The molecule has 11 aromatic carbocycles. The average Bonchev–Trinajstić information content (AvgIpc) is 4.20. The van der Waals surface area contributed by atoms with Crippen LogP contribution in [0.5, 0.6) is 11.5 Å². The van der Waals surface area contributed by atoms with E-state index in [1.807, 2.05) is 18.3 Å². The van der Waals surface area contributed by atoms with E-state index >= 15 is 0 Å². The second-order valence-corrected chi connectivity index (χ2v) is 22.3. The van der Waals surface area contributed by atoms with E-state index in [-0.39, 0.29) is 26.5 Å². The third-order valence-corrected chi connectivity index (χ3v) is 16.6. The number of rotatable bonds is 6. The van der Waals surface area contributed by atoms with Crippen LogP contribution in [0.1, 0.15) is 26.3 Å². The summed E-state index contributed by atoms with van der Waals surface area (Å²) < 4.78 is 9.41. The molecule has 2 aliphatic rings. The first-order valence-corrected chi connectivity index (χ1v) is 27.8. The van der Waals surface area contributed by atoms with Crippen LogP contribution in [0.2, 0.25) is 0 Å². The fraction of sp³-hybridized carbons (Fsp3) is 0.0526. The molecular weight excluding hydrogens is 1180 g/mol. The molecule has 2 aliphatic heterocycles. The Morgan fingerprint density at radius 1 is 0.402 bits per heavy atom. The molecule has 0 saturated carbocycles. The van der Waals surface area contributed by atoms with Crippen molar-refractivity contribution in [2.24, 2.45) is 0 Å². The van der Waals surface area contributed by atoms with Crippen molar-refractivity contribution in [1.29, 1.82) is 0 Å². The van der Waals surface area contributed by atoms with Gasteiger partial charge in [0.25, 0.3) is 0 Å². The van der Waals surface area contributed by atoms with Crippen LogP contribution in [0.25, 0.3) is 115 Å². The molecule has 82 heavy (non-hydrogen) atoms. The number of para-hydroxylation sites is 3. The van der Waals surface area contributed by atoms with E-state index in [2.05, 4.69) is 284 Å². The Bertz CT molecular complexity index is 4870. The summed E-state index contributed by atoms with van der Waals surface area (Å²) in [7, 11) is 0. The van der Waals surface area contributed by atoms with Gasteiger partial charge < -0.3 is 18.9 Å². The van der Waals surface area contributed by atoms with Crippen molar-refractivity contribution >= 4 is 82.5 Å². The summed E-state index contributed by atoms with van der Waals surface area (Å²) in [6.45, 7) is 9.02. The van der Waals surface area contributed by atoms with Crippen LogP contribution in [0.3, 0.4) is 0 Å². The summed E-state index contributed by atoms with van der Waals surface area (Å²) in [5, 5.41) is 8.92. The molecule has 3 aromatic heterocycles. The summed E-state index contributed by atoms with van der Waals surface area (Å²) >= 11 is 0. The van der Waals surface area contributed by atoms with E-state index in [9.17, 15) is 0 Å². The van der Waals surface area contributed by atoms with Crippen molar-refractivity contribution in [2.75, 3.05) is 9.80 Å². The Hall–Kier alpha value is -9.54. The number of aromatic nitrogens is 2. The average molecular weight is 1230 g/mol. The van der Waals surface area contributed by atoms with Gasteiger partial charge in [0.15, 0.2) is 0 Å². The Balaban J connectivity index is 0.00000576. The third kappa shape index (κ3) is 7.82. The van der Waals surface area contributed by atoms with Crippen LogP contribution in [0.4, 0.5) is 22.7 Å². The molecule has 6 heteroatoms. The molecule has 5 nitrogen and oxygen atoms in total. The minimum Gasteiger partial charge on any atom is -0.509 e. The first kappa shape index (κ1) is 49.5. The molecule has 16 rings (SSSR count). The zero-order valence-electron chi connectivity index (χ0n) is 45.3. The molecule has 0 spiro atoms. The van der Waals surface area contributed by atoms with Crippen LogP contribution < -0.4 is 14.5 Å². The fourth-order valence-corrected chi connectivity index (χ4v) is 12.8. The number of hydrogen-bond acceptors (Lipinski definition) is 4. The van der Waals surface area contributed by atoms with Crippen molar-refractivity contribution in [3.05, 3.63) is 273 Å². The van der Waals surface area contributed by atoms with Crippen LogP contribution in [-0.4, -0.2) is 9.38 Å². The van der Waals surface area contributed by atoms with E-state index in [4.69, 9.17) is 9.72 Å². The van der Waals surface area contributed by atoms with E-state index in [1.54, 1.807) is 0 Å². The van der Waals surface area contributed by atoms with Gasteiger partial charge in [-0.15, -0.1) is 41.9 Å². The van der Waals surface area contributed by atoms with Gasteiger partial charge in [0.1, 0.15) is 5.65 Å². The van der Waals surface area contributed by atoms with Crippen molar-refractivity contribution in [1.82, 2.24) is 9.38 Å². The maximum absolute atomic E-state index is 7.08. The van der Waals surface area contributed by atoms with Gasteiger partial charge in [-0.25, -0.2) is 4.98 Å². The predicted octanol–water partition coefficient (Wildman–Crippen LogP) is 20.4. The number of fused-ring (bicyclic) bond motifs is 15. The molecule has 0 unspecified atom stereocenters. The van der Waals surface area contributed by atoms with Gasteiger partial charge in [-0.2, -0.15) is 12.1 Å². The molecule has 0 radical (unpaired) electrons. The Morgan fingerprint density at radius 3 is 1.60 bits per heavy atom. The van der Waals surface area contributed by atoms with Crippen LogP contribution >= 0.6 is 0 Å². The van der Waals surface area contributed by atoms with Crippen molar-refractivity contribution in [3.63, 3.8) is 0 Å². The van der Waals surface area contributed by atoms with Gasteiger partial charge in [0.05, 0.1) is 0 Å². The summed E-state index contributed by atoms with van der Waals surface area (Å²) in [6.07, 6.45) is 2.03. The van der Waals surface area contributed by atoms with Crippen molar-refractivity contribution in [2.45, 2.75) is 26.2 Å². The molecule has 394 valence electrons. The molecule has 0 aliphatic carbocycles. The summed E-state index contributed by atoms with van der Waals surface area (Å²) in [5.41, 5.74) is 19.5. The molecule has 0 saturated heterocycles. The number of hydrogen-bond donors (Lipinski definition) is 0. The van der Waals surface area contributed by atoms with Crippen molar-refractivity contribution in [3.8, 4) is 67.1 Å². The smallest absolute Gasteiger partial charge is 0.143 e. The van der Waals surface area contributed by atoms with Crippen LogP contribution in [0, 0.1) is 18.8 Å². The molecular formula is C76H51N4OPt-3. The summed E-state index contributed by atoms with van der Waals surface area (Å²) in [5.74, 6) is 1.15. The van der Waals surface area contributed by atoms with Crippen LogP contribution in [-0.2, 0) is 26.5 Å². The zero-order valence-corrected chi connectivity index (χ0v) is 47.5. The van der Waals surface area contributed by atoms with Crippen molar-refractivity contribution < 1.29 is 25.8 Å². The van der Waals surface area contributed by atoms with Gasteiger partial charge in [0.2, 0.25) is 0 Å². The summed E-state index contributed by atoms with van der Waals surface area (Å²) in [6, 6.07) is 95.2. The molecule has 0 atom stereocenters. The van der Waals surface area contributed by atoms with Gasteiger partial charge in [0, 0.05) is 94.4 Å². The normalized spacial score (nSPS) is 12.6. The minimum absolute atomic E-state index is 0. The fourth-order valence-electron chi connectivity index (χ4n) is 12.8. The quantitative estimate of drug-likeness (QED) is 0.155. The first-order valence-electron chi connectivity index (χ1n) is 27.8. The topological polar surface area (TPSA) is 33.0 Å². The van der Waals surface area contributed by atoms with E-state index < -0.39 is 0 Å². The zero-order chi connectivity index (χ0) is 53.9. The third-order valence-electron chi connectivity index (χ3n) is 16.6. The second-order valence-electron chi connectivity index (χ2n) is 22.3. The molecule has 0 bridgehead atoms. The first-order chi connectivity index (χ1) is 39.8. The SMILES string of the molecule is CC(C)(C)c1ccc(-c2cnc3c(c2)c2ccccc2c2ccccc2c2cccc4c5ccc(Oc6[c-]c7c(cc6)-c6ccccc6-c6cccc8c6N7[CH-]N8c6c(-c7ccccc7)cccc6-c6ccccc6)[c-]c5n3c24)cc1.[Pt]. The Morgan fingerprint density at radius 2 is 0.927 bits per heavy atom. The number of anilines is 4. The van der Waals surface area contributed by atoms with Gasteiger partial charge in [-0.05, 0) is 72.3 Å².